The van der Waals surface area contributed by atoms with Crippen molar-refractivity contribution in [3.63, 3.8) is 0 Å². The van der Waals surface area contributed by atoms with Crippen LogP contribution in [0.3, 0.4) is 0 Å². The highest BCUT2D eigenvalue weighted by Gasteiger charge is 2.24. The van der Waals surface area contributed by atoms with Crippen LogP contribution in [-0.4, -0.2) is 4.89 Å². The third-order valence-electron chi connectivity index (χ3n) is 1.18. The summed E-state index contributed by atoms with van der Waals surface area (Å²) >= 11 is 26.0. The second kappa shape index (κ2) is 5.20. The Labute approximate surface area is 113 Å². The average Bonchev–Trinajstić information content (AvgIpc) is 1.97. The van der Waals surface area contributed by atoms with Crippen LogP contribution < -0.4 is 0 Å². The fraction of sp³-hybridized carbons (Fsp3) is 0. The third kappa shape index (κ3) is 4.15. The molecule has 1 aromatic rings. The van der Waals surface area contributed by atoms with E-state index >= 15 is 0 Å². The number of halogens is 5. The molecule has 1 nitrogen and oxygen atoms in total. The summed E-state index contributed by atoms with van der Waals surface area (Å²) in [6.45, 7) is 0. The van der Waals surface area contributed by atoms with Crippen LogP contribution in [0.25, 0.3) is 0 Å². The van der Waals surface area contributed by atoms with Crippen LogP contribution >= 0.6 is 66.6 Å². The third-order valence-corrected chi connectivity index (χ3v) is 6.05. The van der Waals surface area contributed by atoms with Gasteiger partial charge in [0, 0.05) is 33.0 Å². The Hall–Kier alpha value is 1.47. The maximum absolute atomic E-state index is 9.25. The Bertz CT molecular complexity index is 410. The zero-order chi connectivity index (χ0) is 10.9. The van der Waals surface area contributed by atoms with Crippen molar-refractivity contribution >= 4 is 77.5 Å². The summed E-state index contributed by atoms with van der Waals surface area (Å²) in [5.41, 5.74) is 0. The molecule has 1 N–H and O–H groups in total. The molecule has 1 aromatic carbocycles. The van der Waals surface area contributed by atoms with Crippen LogP contribution in [0.1, 0.15) is 0 Å². The van der Waals surface area contributed by atoms with Crippen molar-refractivity contribution in [2.75, 3.05) is 0 Å². The van der Waals surface area contributed by atoms with Gasteiger partial charge in [-0.1, -0.05) is 23.2 Å². The predicted octanol–water partition coefficient (Wildman–Crippen LogP) is 5.34. The molecule has 0 saturated heterocycles. The first kappa shape index (κ1) is 13.5. The van der Waals surface area contributed by atoms with Crippen molar-refractivity contribution < 1.29 is 4.89 Å². The molecule has 0 unspecified atom stereocenters. The molecule has 0 aromatic heterocycles. The Morgan fingerprint density at radius 2 is 1.79 bits per heavy atom. The van der Waals surface area contributed by atoms with Gasteiger partial charge < -0.3 is 4.89 Å². The van der Waals surface area contributed by atoms with Crippen molar-refractivity contribution in [1.29, 1.82) is 0 Å². The number of hydrogen-bond donors (Lipinski definition) is 1. The maximum Gasteiger partial charge on any atom is 0.429 e. The molecule has 0 radical (unpaired) electrons. The van der Waals surface area contributed by atoms with E-state index in [0.29, 0.717) is 19.4 Å². The van der Waals surface area contributed by atoms with E-state index < -0.39 is 4.97 Å². The van der Waals surface area contributed by atoms with Crippen LogP contribution in [-0.2, 0) is 10.9 Å². The SMILES string of the molecule is OP(Cl)(Cl)=[S+]c1cc(Cl)c(Br)cc1Cl. The summed E-state index contributed by atoms with van der Waals surface area (Å²) in [5.74, 6) is 0. The van der Waals surface area contributed by atoms with Crippen molar-refractivity contribution in [2.24, 2.45) is 0 Å². The molecule has 0 atom stereocenters. The fourth-order valence-electron chi connectivity index (χ4n) is 0.693. The van der Waals surface area contributed by atoms with E-state index in [9.17, 15) is 4.89 Å². The first-order valence-corrected chi connectivity index (χ1v) is 9.67. The molecule has 78 valence electrons. The summed E-state index contributed by atoms with van der Waals surface area (Å²) in [6.07, 6.45) is 0. The number of rotatable bonds is 1. The van der Waals surface area contributed by atoms with Gasteiger partial charge in [0.15, 0.2) is 0 Å². The standard InChI is InChI=1S/C6H3BrCl4OPS/c7-3-1-5(9)6(2-4(3)8)14-13(10,11)12/h1-2,12H/q+1. The van der Waals surface area contributed by atoms with Gasteiger partial charge in [0.2, 0.25) is 0 Å². The minimum absolute atomic E-state index is 0.436. The Morgan fingerprint density at radius 1 is 1.21 bits per heavy atom. The molecule has 14 heavy (non-hydrogen) atoms. The monoisotopic (exact) mass is 373 g/mol. The second-order valence-corrected chi connectivity index (χ2v) is 12.2. The predicted molar refractivity (Wildman–Crippen MR) is 70.6 cm³/mol. The van der Waals surface area contributed by atoms with E-state index in [1.165, 1.54) is 0 Å². The number of benzene rings is 1. The van der Waals surface area contributed by atoms with Gasteiger partial charge in [-0.15, -0.1) is 0 Å². The lowest BCUT2D eigenvalue weighted by Gasteiger charge is -1.95. The van der Waals surface area contributed by atoms with Gasteiger partial charge >= 0.3 is 4.97 Å². The molecule has 1 rings (SSSR count). The summed E-state index contributed by atoms with van der Waals surface area (Å²) in [6, 6.07) is 3.21. The minimum atomic E-state index is -3.00. The van der Waals surface area contributed by atoms with Gasteiger partial charge in [-0.05, 0) is 22.0 Å². The smallest absolute Gasteiger partial charge is 0.309 e. The molecule has 0 spiro atoms. The van der Waals surface area contributed by atoms with E-state index in [-0.39, 0.29) is 0 Å². The quantitative estimate of drug-likeness (QED) is 0.399. The second-order valence-electron chi connectivity index (χ2n) is 2.22. The highest BCUT2D eigenvalue weighted by atomic mass is 79.9. The van der Waals surface area contributed by atoms with E-state index in [1.807, 2.05) is 0 Å². The van der Waals surface area contributed by atoms with Gasteiger partial charge in [0.25, 0.3) is 15.8 Å². The van der Waals surface area contributed by atoms with Crippen LogP contribution in [0.2, 0.25) is 10.0 Å². The molecule has 0 aliphatic rings. The Kier molecular flexibility index (Phi) is 5.03. The van der Waals surface area contributed by atoms with Gasteiger partial charge in [-0.2, -0.15) is 0 Å². The molecule has 0 fully saturated rings. The fourth-order valence-corrected chi connectivity index (χ4v) is 4.89. The van der Waals surface area contributed by atoms with Crippen LogP contribution in [0, 0.1) is 0 Å². The molecule has 0 heterocycles. The highest BCUT2D eigenvalue weighted by Crippen LogP contribution is 2.56. The zero-order valence-electron chi connectivity index (χ0n) is 6.35. The Balaban J connectivity index is 3.31. The van der Waals surface area contributed by atoms with Crippen molar-refractivity contribution in [3.8, 4) is 0 Å². The first-order valence-electron chi connectivity index (χ1n) is 3.15. The zero-order valence-corrected chi connectivity index (χ0v) is 12.7. The first-order chi connectivity index (χ1) is 6.29. The molecule has 0 amide bonds. The maximum atomic E-state index is 9.25. The Morgan fingerprint density at radius 3 is 2.29 bits per heavy atom. The van der Waals surface area contributed by atoms with E-state index in [0.717, 1.165) is 10.9 Å². The molecule has 0 saturated carbocycles. The van der Waals surface area contributed by atoms with Crippen molar-refractivity contribution in [2.45, 2.75) is 4.90 Å². The van der Waals surface area contributed by atoms with Crippen LogP contribution in [0.5, 0.6) is 0 Å². The summed E-state index contributed by atoms with van der Waals surface area (Å²) < 4.78 is 0.680. The molecule has 0 bridgehead atoms. The molecule has 0 aliphatic heterocycles. The van der Waals surface area contributed by atoms with E-state index in [2.05, 4.69) is 15.9 Å². The molecular weight excluding hydrogens is 373 g/mol. The highest BCUT2D eigenvalue weighted by molar-refractivity contribution is 9.10. The van der Waals surface area contributed by atoms with Gasteiger partial charge in [-0.3, -0.25) is 0 Å². The number of hydrogen-bond acceptors (Lipinski definition) is 0. The topological polar surface area (TPSA) is 20.2 Å². The molecule has 8 heteroatoms. The van der Waals surface area contributed by atoms with Gasteiger partial charge in [-0.25, -0.2) is 0 Å². The lowest BCUT2D eigenvalue weighted by molar-refractivity contribution is 0.652. The summed E-state index contributed by atoms with van der Waals surface area (Å²) in [7, 11) is 0.911. The minimum Gasteiger partial charge on any atom is -0.309 e. The van der Waals surface area contributed by atoms with Crippen molar-refractivity contribution in [1.82, 2.24) is 0 Å². The normalized spacial score (nSPS) is 11.6. The average molecular weight is 376 g/mol. The largest absolute Gasteiger partial charge is 0.429 e. The van der Waals surface area contributed by atoms with Crippen LogP contribution in [0.15, 0.2) is 21.5 Å². The summed E-state index contributed by atoms with van der Waals surface area (Å²) in [5, 5.41) is 0.921. The lowest BCUT2D eigenvalue weighted by atomic mass is 10.4. The molecule has 0 aliphatic carbocycles. The van der Waals surface area contributed by atoms with Crippen molar-refractivity contribution in [3.05, 3.63) is 26.7 Å². The van der Waals surface area contributed by atoms with E-state index in [1.54, 1.807) is 12.1 Å². The van der Waals surface area contributed by atoms with Crippen LogP contribution in [0.4, 0.5) is 0 Å². The lowest BCUT2D eigenvalue weighted by Crippen LogP contribution is -1.79. The summed E-state index contributed by atoms with van der Waals surface area (Å²) in [4.78, 5) is 6.81. The van der Waals surface area contributed by atoms with E-state index in [4.69, 9.17) is 45.7 Å². The molecular formula is C6H3BrCl4OPS+. The van der Waals surface area contributed by atoms with Gasteiger partial charge in [0.05, 0.1) is 5.02 Å². The van der Waals surface area contributed by atoms with Gasteiger partial charge in [0.1, 0.15) is 5.02 Å².